The molecular weight excluding hydrogens is 224 g/mol. The van der Waals surface area contributed by atoms with Crippen LogP contribution in [0, 0.1) is 11.8 Å². The fourth-order valence-electron chi connectivity index (χ4n) is 1.82. The molecule has 0 saturated heterocycles. The van der Waals surface area contributed by atoms with Gasteiger partial charge in [0.15, 0.2) is 0 Å². The van der Waals surface area contributed by atoms with E-state index in [1.807, 2.05) is 19.1 Å². The summed E-state index contributed by atoms with van der Waals surface area (Å²) in [7, 11) is 1.68. The van der Waals surface area contributed by atoms with E-state index in [4.69, 9.17) is 10.6 Å². The first-order valence-corrected chi connectivity index (χ1v) is 6.28. The van der Waals surface area contributed by atoms with Gasteiger partial charge in [-0.05, 0) is 43.9 Å². The lowest BCUT2D eigenvalue weighted by atomic mass is 10.0. The summed E-state index contributed by atoms with van der Waals surface area (Å²) in [5.74, 6) is 12.4. The van der Waals surface area contributed by atoms with E-state index < -0.39 is 0 Å². The lowest BCUT2D eigenvalue weighted by molar-refractivity contribution is 0.414. The van der Waals surface area contributed by atoms with Crippen molar-refractivity contribution in [1.29, 1.82) is 0 Å². The molecule has 3 heteroatoms. The Hall–Kier alpha value is -1.50. The molecule has 0 bridgehead atoms. The highest BCUT2D eigenvalue weighted by Crippen LogP contribution is 2.14. The SMILES string of the molecule is CC#CCCC(CCc1ccc(OC)cc1)NN. The van der Waals surface area contributed by atoms with Crippen LogP contribution >= 0.6 is 0 Å². The van der Waals surface area contributed by atoms with Crippen molar-refractivity contribution in [1.82, 2.24) is 5.43 Å². The van der Waals surface area contributed by atoms with Crippen molar-refractivity contribution in [3.8, 4) is 17.6 Å². The molecule has 0 aliphatic carbocycles. The summed E-state index contributed by atoms with van der Waals surface area (Å²) < 4.78 is 5.13. The van der Waals surface area contributed by atoms with Crippen LogP contribution in [-0.2, 0) is 6.42 Å². The van der Waals surface area contributed by atoms with Crippen LogP contribution in [-0.4, -0.2) is 13.2 Å². The molecule has 0 fully saturated rings. The number of rotatable bonds is 7. The largest absolute Gasteiger partial charge is 0.497 e. The Morgan fingerprint density at radius 3 is 2.56 bits per heavy atom. The minimum atomic E-state index is 0.327. The smallest absolute Gasteiger partial charge is 0.118 e. The number of hydrogen-bond acceptors (Lipinski definition) is 3. The maximum absolute atomic E-state index is 5.55. The molecule has 0 aliphatic heterocycles. The Morgan fingerprint density at radius 2 is 2.00 bits per heavy atom. The molecule has 3 N–H and O–H groups in total. The fourth-order valence-corrected chi connectivity index (χ4v) is 1.82. The van der Waals surface area contributed by atoms with Gasteiger partial charge in [-0.15, -0.1) is 11.8 Å². The summed E-state index contributed by atoms with van der Waals surface area (Å²) >= 11 is 0. The summed E-state index contributed by atoms with van der Waals surface area (Å²) in [6, 6.07) is 8.50. The van der Waals surface area contributed by atoms with E-state index >= 15 is 0 Å². The van der Waals surface area contributed by atoms with Crippen molar-refractivity contribution < 1.29 is 4.74 Å². The van der Waals surface area contributed by atoms with E-state index in [1.54, 1.807) is 7.11 Å². The molecule has 18 heavy (non-hydrogen) atoms. The van der Waals surface area contributed by atoms with Crippen LogP contribution in [0.1, 0.15) is 31.7 Å². The zero-order valence-electron chi connectivity index (χ0n) is 11.2. The second-order valence-corrected chi connectivity index (χ2v) is 4.22. The zero-order chi connectivity index (χ0) is 13.2. The molecule has 0 amide bonds. The first kappa shape index (κ1) is 14.6. The highest BCUT2D eigenvalue weighted by Gasteiger charge is 2.05. The summed E-state index contributed by atoms with van der Waals surface area (Å²) in [6.07, 6.45) is 3.92. The number of benzene rings is 1. The topological polar surface area (TPSA) is 47.3 Å². The van der Waals surface area contributed by atoms with Gasteiger partial charge < -0.3 is 4.74 Å². The van der Waals surface area contributed by atoms with Crippen LogP contribution in [0.2, 0.25) is 0 Å². The molecule has 1 atom stereocenters. The molecule has 98 valence electrons. The summed E-state index contributed by atoms with van der Waals surface area (Å²) in [6.45, 7) is 1.86. The third kappa shape index (κ3) is 5.22. The molecule has 1 rings (SSSR count). The van der Waals surface area contributed by atoms with Gasteiger partial charge in [-0.1, -0.05) is 12.1 Å². The first-order chi connectivity index (χ1) is 8.80. The Kier molecular flexibility index (Phi) is 6.93. The fraction of sp³-hybridized carbons (Fsp3) is 0.467. The molecule has 1 unspecified atom stereocenters. The van der Waals surface area contributed by atoms with Crippen LogP contribution < -0.4 is 16.0 Å². The number of nitrogens with one attached hydrogen (secondary N) is 1. The zero-order valence-corrected chi connectivity index (χ0v) is 11.2. The van der Waals surface area contributed by atoms with E-state index in [-0.39, 0.29) is 0 Å². The first-order valence-electron chi connectivity index (χ1n) is 6.28. The minimum absolute atomic E-state index is 0.327. The standard InChI is InChI=1S/C15H22N2O/c1-3-4-5-6-14(17-16)10-7-13-8-11-15(18-2)12-9-13/h8-9,11-12,14,17H,5-7,10,16H2,1-2H3. The normalized spacial score (nSPS) is 11.5. The van der Waals surface area contributed by atoms with E-state index in [0.29, 0.717) is 6.04 Å². The lowest BCUT2D eigenvalue weighted by Gasteiger charge is -2.14. The predicted octanol–water partition coefficient (Wildman–Crippen LogP) is 2.26. The van der Waals surface area contributed by atoms with Crippen LogP contribution in [0.25, 0.3) is 0 Å². The van der Waals surface area contributed by atoms with Crippen molar-refractivity contribution in [2.24, 2.45) is 5.84 Å². The Labute approximate surface area is 110 Å². The molecule has 1 aromatic carbocycles. The second kappa shape index (κ2) is 8.57. The van der Waals surface area contributed by atoms with Gasteiger partial charge in [0, 0.05) is 12.5 Å². The van der Waals surface area contributed by atoms with Crippen LogP contribution in [0.4, 0.5) is 0 Å². The molecule has 0 saturated carbocycles. The van der Waals surface area contributed by atoms with Gasteiger partial charge in [-0.25, -0.2) is 0 Å². The molecule has 0 aliphatic rings. The van der Waals surface area contributed by atoms with Crippen molar-refractivity contribution in [2.75, 3.05) is 7.11 Å². The van der Waals surface area contributed by atoms with Gasteiger partial charge in [0.2, 0.25) is 0 Å². The molecule has 0 radical (unpaired) electrons. The van der Waals surface area contributed by atoms with Gasteiger partial charge in [-0.2, -0.15) is 0 Å². The summed E-state index contributed by atoms with van der Waals surface area (Å²) in [5.41, 5.74) is 4.16. The van der Waals surface area contributed by atoms with E-state index in [9.17, 15) is 0 Å². The van der Waals surface area contributed by atoms with Gasteiger partial charge in [0.1, 0.15) is 5.75 Å². The maximum Gasteiger partial charge on any atom is 0.118 e. The monoisotopic (exact) mass is 246 g/mol. The van der Waals surface area contributed by atoms with Crippen LogP contribution in [0.5, 0.6) is 5.75 Å². The molecule has 0 aromatic heterocycles. The molecule has 0 heterocycles. The number of hydrogen-bond donors (Lipinski definition) is 2. The number of ether oxygens (including phenoxy) is 1. The highest BCUT2D eigenvalue weighted by molar-refractivity contribution is 5.27. The van der Waals surface area contributed by atoms with Crippen molar-refractivity contribution >= 4 is 0 Å². The Bertz CT molecular complexity index is 389. The van der Waals surface area contributed by atoms with Crippen LogP contribution in [0.3, 0.4) is 0 Å². The quantitative estimate of drug-likeness (QED) is 0.441. The number of nitrogens with two attached hydrogens (primary N) is 1. The average molecular weight is 246 g/mol. The summed E-state index contributed by atoms with van der Waals surface area (Å²) in [5, 5.41) is 0. The Morgan fingerprint density at radius 1 is 1.28 bits per heavy atom. The van der Waals surface area contributed by atoms with Crippen molar-refractivity contribution in [3.63, 3.8) is 0 Å². The maximum atomic E-state index is 5.55. The third-order valence-corrected chi connectivity index (χ3v) is 2.97. The summed E-state index contributed by atoms with van der Waals surface area (Å²) in [4.78, 5) is 0. The van der Waals surface area contributed by atoms with Crippen molar-refractivity contribution in [2.45, 2.75) is 38.6 Å². The minimum Gasteiger partial charge on any atom is -0.497 e. The van der Waals surface area contributed by atoms with E-state index in [1.165, 1.54) is 5.56 Å². The number of methoxy groups -OCH3 is 1. The number of hydrazine groups is 1. The highest BCUT2D eigenvalue weighted by atomic mass is 16.5. The molecule has 3 nitrogen and oxygen atoms in total. The molecule has 1 aromatic rings. The molecular formula is C15H22N2O. The number of aryl methyl sites for hydroxylation is 1. The molecule has 0 spiro atoms. The van der Waals surface area contributed by atoms with Gasteiger partial charge in [0.05, 0.1) is 7.11 Å². The van der Waals surface area contributed by atoms with E-state index in [0.717, 1.165) is 31.4 Å². The second-order valence-electron chi connectivity index (χ2n) is 4.22. The average Bonchev–Trinajstić information content (AvgIpc) is 2.43. The predicted molar refractivity (Wildman–Crippen MR) is 75.1 cm³/mol. The van der Waals surface area contributed by atoms with Gasteiger partial charge >= 0.3 is 0 Å². The van der Waals surface area contributed by atoms with Crippen LogP contribution in [0.15, 0.2) is 24.3 Å². The van der Waals surface area contributed by atoms with Crippen molar-refractivity contribution in [3.05, 3.63) is 29.8 Å². The van der Waals surface area contributed by atoms with Gasteiger partial charge in [-0.3, -0.25) is 11.3 Å². The third-order valence-electron chi connectivity index (χ3n) is 2.97. The van der Waals surface area contributed by atoms with Gasteiger partial charge in [0.25, 0.3) is 0 Å². The Balaban J connectivity index is 2.38. The van der Waals surface area contributed by atoms with E-state index in [2.05, 4.69) is 29.4 Å². The lowest BCUT2D eigenvalue weighted by Crippen LogP contribution is -2.35.